The third kappa shape index (κ3) is 3.18. The number of thiophene rings is 1. The van der Waals surface area contributed by atoms with Crippen molar-refractivity contribution in [3.8, 4) is 0 Å². The third-order valence-electron chi connectivity index (χ3n) is 3.92. The minimum atomic E-state index is 0.445. The molecule has 0 amide bonds. The van der Waals surface area contributed by atoms with E-state index in [1.54, 1.807) is 11.3 Å². The first-order valence-electron chi connectivity index (χ1n) is 6.00. The van der Waals surface area contributed by atoms with Crippen LogP contribution in [0.2, 0.25) is 0 Å². The van der Waals surface area contributed by atoms with Crippen molar-refractivity contribution < 1.29 is 0 Å². The molecule has 2 rings (SSSR count). The predicted octanol–water partition coefficient (Wildman–Crippen LogP) is 6.93. The molecule has 2 atom stereocenters. The van der Waals surface area contributed by atoms with E-state index in [0.29, 0.717) is 10.2 Å². The first-order valence-corrected chi connectivity index (χ1v) is 9.32. The van der Waals surface area contributed by atoms with Gasteiger partial charge in [0.25, 0.3) is 0 Å². The number of hydrogen-bond donors (Lipinski definition) is 0. The first-order chi connectivity index (χ1) is 7.92. The van der Waals surface area contributed by atoms with E-state index in [9.17, 15) is 0 Å². The van der Waals surface area contributed by atoms with Crippen molar-refractivity contribution in [3.05, 3.63) is 19.2 Å². The Morgan fingerprint density at radius 2 is 2.06 bits per heavy atom. The van der Waals surface area contributed by atoms with Crippen LogP contribution in [0.15, 0.2) is 13.6 Å². The molecule has 0 nitrogen and oxygen atoms in total. The van der Waals surface area contributed by atoms with Gasteiger partial charge in [0, 0.05) is 4.83 Å². The SMILES string of the molecule is CC1(C)CCCCC1C(Br)c1cc(Br)sc1Br. The van der Waals surface area contributed by atoms with Gasteiger partial charge in [-0.3, -0.25) is 0 Å². The quantitative estimate of drug-likeness (QED) is 0.434. The Labute approximate surface area is 133 Å². The summed E-state index contributed by atoms with van der Waals surface area (Å²) >= 11 is 13.0. The monoisotopic (exact) mass is 442 g/mol. The summed E-state index contributed by atoms with van der Waals surface area (Å²) in [5.74, 6) is 0.731. The number of alkyl halides is 1. The van der Waals surface area contributed by atoms with Crippen molar-refractivity contribution in [1.82, 2.24) is 0 Å². The molecule has 1 aliphatic rings. The van der Waals surface area contributed by atoms with E-state index in [1.165, 1.54) is 38.8 Å². The van der Waals surface area contributed by atoms with Crippen LogP contribution >= 0.6 is 59.1 Å². The lowest BCUT2D eigenvalue weighted by Crippen LogP contribution is -2.30. The molecular weight excluding hydrogens is 428 g/mol. The van der Waals surface area contributed by atoms with Gasteiger partial charge in [0.1, 0.15) is 0 Å². The average molecular weight is 445 g/mol. The second-order valence-electron chi connectivity index (χ2n) is 5.52. The fourth-order valence-corrected chi connectivity index (χ4v) is 7.55. The maximum atomic E-state index is 3.94. The minimum Gasteiger partial charge on any atom is -0.121 e. The van der Waals surface area contributed by atoms with Crippen molar-refractivity contribution >= 4 is 59.1 Å². The highest BCUT2D eigenvalue weighted by atomic mass is 79.9. The molecule has 0 aliphatic heterocycles. The highest BCUT2D eigenvalue weighted by Gasteiger charge is 2.38. The molecule has 0 spiro atoms. The summed E-state index contributed by atoms with van der Waals surface area (Å²) in [6.45, 7) is 4.83. The van der Waals surface area contributed by atoms with Crippen LogP contribution in [0, 0.1) is 11.3 Å². The first kappa shape index (κ1) is 14.5. The predicted molar refractivity (Wildman–Crippen MR) is 87.1 cm³/mol. The van der Waals surface area contributed by atoms with Crippen LogP contribution in [0.25, 0.3) is 0 Å². The zero-order valence-corrected chi connectivity index (χ0v) is 15.7. The van der Waals surface area contributed by atoms with Crippen LogP contribution in [-0.4, -0.2) is 0 Å². The Kier molecular flexibility index (Phi) is 4.82. The third-order valence-corrected chi connectivity index (χ3v) is 7.44. The van der Waals surface area contributed by atoms with Crippen LogP contribution in [0.3, 0.4) is 0 Å². The summed E-state index contributed by atoms with van der Waals surface area (Å²) in [5.41, 5.74) is 1.85. The molecular formula is C13H17Br3S. The highest BCUT2D eigenvalue weighted by molar-refractivity contribution is 9.12. The molecule has 2 unspecified atom stereocenters. The smallest absolute Gasteiger partial charge is 0.0753 e. The molecule has 17 heavy (non-hydrogen) atoms. The summed E-state index contributed by atoms with van der Waals surface area (Å²) < 4.78 is 2.46. The van der Waals surface area contributed by atoms with Gasteiger partial charge in [0.15, 0.2) is 0 Å². The molecule has 1 aliphatic carbocycles. The molecule has 1 fully saturated rings. The molecule has 1 aromatic heterocycles. The standard InChI is InChI=1S/C13H17Br3S/c1-13(2)6-4-3-5-9(13)11(15)8-7-10(14)17-12(8)16/h7,9,11H,3-6H2,1-2H3. The van der Waals surface area contributed by atoms with Crippen molar-refractivity contribution in [2.24, 2.45) is 11.3 Å². The molecule has 0 radical (unpaired) electrons. The lowest BCUT2D eigenvalue weighted by Gasteiger charge is -2.41. The molecule has 0 N–H and O–H groups in total. The molecule has 0 aromatic carbocycles. The summed E-state index contributed by atoms with van der Waals surface area (Å²) in [5, 5.41) is 0. The van der Waals surface area contributed by atoms with Gasteiger partial charge in [-0.2, -0.15) is 0 Å². The normalized spacial score (nSPS) is 25.8. The summed E-state index contributed by atoms with van der Waals surface area (Å²) in [6.07, 6.45) is 5.45. The van der Waals surface area contributed by atoms with Crippen LogP contribution in [0.1, 0.15) is 49.9 Å². The average Bonchev–Trinajstić information content (AvgIpc) is 2.56. The molecule has 1 heterocycles. The van der Waals surface area contributed by atoms with E-state index in [2.05, 4.69) is 67.7 Å². The van der Waals surface area contributed by atoms with Gasteiger partial charge >= 0.3 is 0 Å². The lowest BCUT2D eigenvalue weighted by atomic mass is 9.67. The fourth-order valence-electron chi connectivity index (χ4n) is 2.82. The van der Waals surface area contributed by atoms with Gasteiger partial charge < -0.3 is 0 Å². The van der Waals surface area contributed by atoms with Crippen molar-refractivity contribution in [2.75, 3.05) is 0 Å². The topological polar surface area (TPSA) is 0 Å². The van der Waals surface area contributed by atoms with Gasteiger partial charge in [-0.25, -0.2) is 0 Å². The molecule has 96 valence electrons. The maximum absolute atomic E-state index is 3.94. The summed E-state index contributed by atoms with van der Waals surface area (Å²) in [7, 11) is 0. The lowest BCUT2D eigenvalue weighted by molar-refractivity contribution is 0.136. The highest BCUT2D eigenvalue weighted by Crippen LogP contribution is 2.52. The van der Waals surface area contributed by atoms with E-state index in [-0.39, 0.29) is 0 Å². The van der Waals surface area contributed by atoms with Gasteiger partial charge in [-0.05, 0) is 67.7 Å². The number of hydrogen-bond acceptors (Lipinski definition) is 1. The van der Waals surface area contributed by atoms with Crippen molar-refractivity contribution in [1.29, 1.82) is 0 Å². The Morgan fingerprint density at radius 1 is 1.35 bits per heavy atom. The minimum absolute atomic E-state index is 0.445. The Bertz CT molecular complexity index is 397. The van der Waals surface area contributed by atoms with Crippen LogP contribution in [0.5, 0.6) is 0 Å². The largest absolute Gasteiger partial charge is 0.121 e. The molecule has 4 heteroatoms. The van der Waals surface area contributed by atoms with Gasteiger partial charge in [0.2, 0.25) is 0 Å². The Morgan fingerprint density at radius 3 is 2.59 bits per heavy atom. The van der Waals surface area contributed by atoms with Crippen molar-refractivity contribution in [2.45, 2.75) is 44.4 Å². The summed E-state index contributed by atoms with van der Waals surface area (Å²) in [6, 6.07) is 2.25. The van der Waals surface area contributed by atoms with Gasteiger partial charge in [-0.1, -0.05) is 42.6 Å². The Balaban J connectivity index is 2.24. The van der Waals surface area contributed by atoms with E-state index in [4.69, 9.17) is 0 Å². The zero-order valence-electron chi connectivity index (χ0n) is 10.1. The zero-order chi connectivity index (χ0) is 12.6. The summed E-state index contributed by atoms with van der Waals surface area (Å²) in [4.78, 5) is 0.467. The second-order valence-corrected chi connectivity index (χ2v) is 10.3. The van der Waals surface area contributed by atoms with E-state index >= 15 is 0 Å². The van der Waals surface area contributed by atoms with E-state index in [1.807, 2.05) is 0 Å². The molecule has 1 aromatic rings. The van der Waals surface area contributed by atoms with Gasteiger partial charge in [0.05, 0.1) is 7.57 Å². The van der Waals surface area contributed by atoms with Crippen LogP contribution in [0.4, 0.5) is 0 Å². The Hall–Kier alpha value is 1.14. The molecule has 0 bridgehead atoms. The van der Waals surface area contributed by atoms with Crippen LogP contribution < -0.4 is 0 Å². The van der Waals surface area contributed by atoms with E-state index in [0.717, 1.165) is 5.92 Å². The van der Waals surface area contributed by atoms with E-state index < -0.39 is 0 Å². The maximum Gasteiger partial charge on any atom is 0.0753 e. The van der Waals surface area contributed by atoms with Gasteiger partial charge in [-0.15, -0.1) is 11.3 Å². The second kappa shape index (κ2) is 5.64. The van der Waals surface area contributed by atoms with Crippen molar-refractivity contribution in [3.63, 3.8) is 0 Å². The fraction of sp³-hybridized carbons (Fsp3) is 0.692. The number of rotatable bonds is 2. The molecule has 0 saturated heterocycles. The van der Waals surface area contributed by atoms with Crippen LogP contribution in [-0.2, 0) is 0 Å². The molecule has 1 saturated carbocycles. The number of halogens is 3.